The van der Waals surface area contributed by atoms with Crippen LogP contribution in [-0.4, -0.2) is 20.9 Å². The van der Waals surface area contributed by atoms with Crippen LogP contribution in [0.5, 0.6) is 11.8 Å². The lowest BCUT2D eigenvalue weighted by molar-refractivity contribution is 0.102. The SMILES string of the molecule is Cc1nc(Oc2ccccc2F)nc(C)c1NC(=O)c1ccncc1F. The quantitative estimate of drug-likeness (QED) is 0.769. The highest BCUT2D eigenvalue weighted by Crippen LogP contribution is 2.25. The van der Waals surface area contributed by atoms with Crippen molar-refractivity contribution in [3.05, 3.63) is 71.3 Å². The third-order valence-corrected chi connectivity index (χ3v) is 3.54. The van der Waals surface area contributed by atoms with Gasteiger partial charge in [-0.25, -0.2) is 8.78 Å². The molecule has 1 aromatic carbocycles. The summed E-state index contributed by atoms with van der Waals surface area (Å²) in [6.07, 6.45) is 2.27. The average Bonchev–Trinajstić information content (AvgIpc) is 2.60. The van der Waals surface area contributed by atoms with Crippen molar-refractivity contribution in [3.63, 3.8) is 0 Å². The molecule has 2 heterocycles. The second-order valence-electron chi connectivity index (χ2n) is 5.39. The second kappa shape index (κ2) is 7.22. The number of pyridine rings is 1. The Labute approximate surface area is 147 Å². The largest absolute Gasteiger partial charge is 0.421 e. The number of hydrogen-bond acceptors (Lipinski definition) is 5. The second-order valence-corrected chi connectivity index (χ2v) is 5.39. The third kappa shape index (κ3) is 3.64. The Morgan fingerprint density at radius 2 is 1.73 bits per heavy atom. The Kier molecular flexibility index (Phi) is 4.83. The molecule has 3 rings (SSSR count). The number of nitrogens with zero attached hydrogens (tertiary/aromatic N) is 3. The van der Waals surface area contributed by atoms with Crippen molar-refractivity contribution >= 4 is 11.6 Å². The van der Waals surface area contributed by atoms with Gasteiger partial charge in [0.2, 0.25) is 0 Å². The van der Waals surface area contributed by atoms with E-state index < -0.39 is 17.5 Å². The minimum Gasteiger partial charge on any atom is -0.421 e. The maximum Gasteiger partial charge on any atom is 0.322 e. The van der Waals surface area contributed by atoms with Crippen LogP contribution in [0.3, 0.4) is 0 Å². The number of aromatic nitrogens is 3. The number of aryl methyl sites for hydroxylation is 2. The zero-order chi connectivity index (χ0) is 18.7. The molecule has 0 fully saturated rings. The Morgan fingerprint density at radius 3 is 2.38 bits per heavy atom. The van der Waals surface area contributed by atoms with Crippen LogP contribution in [0, 0.1) is 25.5 Å². The van der Waals surface area contributed by atoms with Crippen molar-refractivity contribution in [2.45, 2.75) is 13.8 Å². The highest BCUT2D eigenvalue weighted by molar-refractivity contribution is 6.04. The van der Waals surface area contributed by atoms with E-state index in [0.29, 0.717) is 17.1 Å². The molecule has 0 radical (unpaired) electrons. The Bertz CT molecular complexity index is 956. The first kappa shape index (κ1) is 17.4. The van der Waals surface area contributed by atoms with Gasteiger partial charge in [0.05, 0.1) is 28.8 Å². The van der Waals surface area contributed by atoms with E-state index in [9.17, 15) is 13.6 Å². The molecular formula is C18H14F2N4O2. The minimum atomic E-state index is -0.735. The van der Waals surface area contributed by atoms with Gasteiger partial charge in [-0.2, -0.15) is 9.97 Å². The standard InChI is InChI=1S/C18H14F2N4O2/c1-10-16(24-17(25)12-7-8-21-9-14(12)20)11(2)23-18(22-10)26-15-6-4-3-5-13(15)19/h3-9H,1-2H3,(H,24,25). The number of amides is 1. The summed E-state index contributed by atoms with van der Waals surface area (Å²) in [6, 6.07) is 7.08. The fourth-order valence-corrected chi connectivity index (χ4v) is 2.28. The number of anilines is 1. The maximum atomic E-state index is 13.7. The van der Waals surface area contributed by atoms with Crippen molar-refractivity contribution in [1.82, 2.24) is 15.0 Å². The summed E-state index contributed by atoms with van der Waals surface area (Å²) in [7, 11) is 0. The van der Waals surface area contributed by atoms with E-state index in [-0.39, 0.29) is 17.3 Å². The van der Waals surface area contributed by atoms with Gasteiger partial charge in [-0.1, -0.05) is 12.1 Å². The maximum absolute atomic E-state index is 13.7. The summed E-state index contributed by atoms with van der Waals surface area (Å²) in [6.45, 7) is 3.25. The summed E-state index contributed by atoms with van der Waals surface area (Å²) >= 11 is 0. The predicted molar refractivity (Wildman–Crippen MR) is 90.1 cm³/mol. The van der Waals surface area contributed by atoms with Gasteiger partial charge in [-0.05, 0) is 32.0 Å². The minimum absolute atomic E-state index is 0.0121. The van der Waals surface area contributed by atoms with Crippen molar-refractivity contribution in [2.24, 2.45) is 0 Å². The van der Waals surface area contributed by atoms with Gasteiger partial charge in [0.25, 0.3) is 5.91 Å². The van der Waals surface area contributed by atoms with Crippen LogP contribution >= 0.6 is 0 Å². The van der Waals surface area contributed by atoms with Gasteiger partial charge in [0.1, 0.15) is 0 Å². The van der Waals surface area contributed by atoms with Crippen molar-refractivity contribution in [3.8, 4) is 11.8 Å². The number of ether oxygens (including phenoxy) is 1. The number of para-hydroxylation sites is 1. The number of rotatable bonds is 4. The van der Waals surface area contributed by atoms with Gasteiger partial charge in [-0.15, -0.1) is 0 Å². The average molecular weight is 356 g/mol. The third-order valence-electron chi connectivity index (χ3n) is 3.54. The molecule has 132 valence electrons. The highest BCUT2D eigenvalue weighted by atomic mass is 19.1. The summed E-state index contributed by atoms with van der Waals surface area (Å²) in [5.74, 6) is -1.94. The summed E-state index contributed by atoms with van der Waals surface area (Å²) < 4.78 is 32.7. The molecule has 0 saturated carbocycles. The van der Waals surface area contributed by atoms with Gasteiger partial charge in [0, 0.05) is 6.20 Å². The molecule has 8 heteroatoms. The van der Waals surface area contributed by atoms with E-state index >= 15 is 0 Å². The zero-order valence-corrected chi connectivity index (χ0v) is 14.0. The zero-order valence-electron chi connectivity index (χ0n) is 14.0. The number of halogens is 2. The fourth-order valence-electron chi connectivity index (χ4n) is 2.28. The normalized spacial score (nSPS) is 10.5. The van der Waals surface area contributed by atoms with Crippen LogP contribution in [0.1, 0.15) is 21.7 Å². The summed E-state index contributed by atoms with van der Waals surface area (Å²) in [5.41, 5.74) is 0.968. The molecule has 1 N–H and O–H groups in total. The Hall–Kier alpha value is -3.42. The number of hydrogen-bond donors (Lipinski definition) is 1. The predicted octanol–water partition coefficient (Wildman–Crippen LogP) is 3.81. The van der Waals surface area contributed by atoms with Crippen LogP contribution in [0.4, 0.5) is 14.5 Å². The van der Waals surface area contributed by atoms with Gasteiger partial charge in [0.15, 0.2) is 17.4 Å². The lowest BCUT2D eigenvalue weighted by atomic mass is 10.2. The van der Waals surface area contributed by atoms with Gasteiger partial charge >= 0.3 is 6.01 Å². The molecule has 0 atom stereocenters. The Balaban J connectivity index is 1.85. The fraction of sp³-hybridized carbons (Fsp3) is 0.111. The van der Waals surface area contributed by atoms with E-state index in [4.69, 9.17) is 4.74 Å². The molecule has 1 amide bonds. The molecule has 0 bridgehead atoms. The molecule has 2 aromatic heterocycles. The number of carbonyl (C=O) groups is 1. The van der Waals surface area contributed by atoms with E-state index in [1.54, 1.807) is 19.9 Å². The van der Waals surface area contributed by atoms with Crippen molar-refractivity contribution in [2.75, 3.05) is 5.32 Å². The molecule has 26 heavy (non-hydrogen) atoms. The molecule has 0 spiro atoms. The van der Waals surface area contributed by atoms with E-state index in [2.05, 4.69) is 20.3 Å². The topological polar surface area (TPSA) is 77.0 Å². The van der Waals surface area contributed by atoms with Gasteiger partial charge < -0.3 is 10.1 Å². The first-order valence-corrected chi connectivity index (χ1v) is 7.64. The molecule has 0 aliphatic carbocycles. The number of benzene rings is 1. The molecule has 0 unspecified atom stereocenters. The molecule has 0 aliphatic heterocycles. The first-order chi connectivity index (χ1) is 12.5. The van der Waals surface area contributed by atoms with Crippen LogP contribution in [0.2, 0.25) is 0 Å². The van der Waals surface area contributed by atoms with E-state index in [1.165, 1.54) is 30.5 Å². The van der Waals surface area contributed by atoms with Crippen LogP contribution in [0.25, 0.3) is 0 Å². The van der Waals surface area contributed by atoms with Crippen LogP contribution < -0.4 is 10.1 Å². The first-order valence-electron chi connectivity index (χ1n) is 7.64. The Morgan fingerprint density at radius 1 is 1.04 bits per heavy atom. The van der Waals surface area contributed by atoms with Gasteiger partial charge in [-0.3, -0.25) is 9.78 Å². The lowest BCUT2D eigenvalue weighted by Crippen LogP contribution is -2.16. The molecule has 0 aliphatic rings. The van der Waals surface area contributed by atoms with E-state index in [0.717, 1.165) is 6.20 Å². The number of nitrogens with one attached hydrogen (secondary N) is 1. The van der Waals surface area contributed by atoms with Crippen LogP contribution in [-0.2, 0) is 0 Å². The molecule has 6 nitrogen and oxygen atoms in total. The summed E-state index contributed by atoms with van der Waals surface area (Å²) in [5, 5.41) is 2.58. The molecule has 3 aromatic rings. The lowest BCUT2D eigenvalue weighted by Gasteiger charge is -2.13. The highest BCUT2D eigenvalue weighted by Gasteiger charge is 2.17. The van der Waals surface area contributed by atoms with Crippen molar-refractivity contribution in [1.29, 1.82) is 0 Å². The molecular weight excluding hydrogens is 342 g/mol. The smallest absolute Gasteiger partial charge is 0.322 e. The summed E-state index contributed by atoms with van der Waals surface area (Å²) in [4.78, 5) is 24.1. The molecule has 0 saturated heterocycles. The van der Waals surface area contributed by atoms with Crippen molar-refractivity contribution < 1.29 is 18.3 Å². The number of carbonyl (C=O) groups excluding carboxylic acids is 1. The van der Waals surface area contributed by atoms with E-state index in [1.807, 2.05) is 0 Å². The van der Waals surface area contributed by atoms with Crippen LogP contribution in [0.15, 0.2) is 42.7 Å². The monoisotopic (exact) mass is 356 g/mol.